The number of halogens is 1. The summed E-state index contributed by atoms with van der Waals surface area (Å²) in [6.07, 6.45) is 0.591. The number of nitrogens with one attached hydrogen (secondary N) is 1. The molecule has 1 aromatic carbocycles. The number of hydrogen-bond donors (Lipinski definition) is 1. The van der Waals surface area contributed by atoms with Crippen LogP contribution in [0.25, 0.3) is 11.4 Å². The summed E-state index contributed by atoms with van der Waals surface area (Å²) in [6, 6.07) is 5.40. The van der Waals surface area contributed by atoms with Gasteiger partial charge in [0.15, 0.2) is 0 Å². The van der Waals surface area contributed by atoms with Crippen LogP contribution in [0, 0.1) is 0 Å². The number of nitrogens with zero attached hydrogens (tertiary/aromatic N) is 2. The van der Waals surface area contributed by atoms with Gasteiger partial charge < -0.3 is 19.3 Å². The van der Waals surface area contributed by atoms with Gasteiger partial charge in [-0.05, 0) is 25.2 Å². The Hall–Kier alpha value is -1.63. The second-order valence-electron chi connectivity index (χ2n) is 4.50. The molecule has 0 bridgehead atoms. The lowest BCUT2D eigenvalue weighted by atomic mass is 10.2. The zero-order valence-corrected chi connectivity index (χ0v) is 13.0. The van der Waals surface area contributed by atoms with E-state index in [0.717, 1.165) is 5.56 Å². The molecule has 1 atom stereocenters. The fraction of sp³-hybridized carbons (Fsp3) is 0.429. The second-order valence-corrected chi connectivity index (χ2v) is 4.94. The maximum Gasteiger partial charge on any atom is 0.228 e. The van der Waals surface area contributed by atoms with E-state index in [1.165, 1.54) is 0 Å². The van der Waals surface area contributed by atoms with Crippen molar-refractivity contribution in [1.82, 2.24) is 15.5 Å². The van der Waals surface area contributed by atoms with Crippen molar-refractivity contribution in [3.63, 3.8) is 0 Å². The number of benzene rings is 1. The van der Waals surface area contributed by atoms with Gasteiger partial charge in [0, 0.05) is 24.6 Å². The molecule has 2 aromatic rings. The van der Waals surface area contributed by atoms with E-state index in [-0.39, 0.29) is 6.04 Å². The summed E-state index contributed by atoms with van der Waals surface area (Å²) in [4.78, 5) is 4.39. The number of hydrogen-bond acceptors (Lipinski definition) is 6. The molecule has 0 fully saturated rings. The third-order valence-electron chi connectivity index (χ3n) is 3.07. The highest BCUT2D eigenvalue weighted by atomic mass is 35.5. The molecule has 6 nitrogen and oxygen atoms in total. The quantitative estimate of drug-likeness (QED) is 0.845. The van der Waals surface area contributed by atoms with Crippen LogP contribution in [0.15, 0.2) is 22.7 Å². The molecule has 0 radical (unpaired) electrons. The summed E-state index contributed by atoms with van der Waals surface area (Å²) >= 11 is 5.94. The van der Waals surface area contributed by atoms with Crippen molar-refractivity contribution in [2.75, 3.05) is 27.9 Å². The van der Waals surface area contributed by atoms with Gasteiger partial charge in [-0.15, -0.1) is 0 Å². The third-order valence-corrected chi connectivity index (χ3v) is 3.30. The van der Waals surface area contributed by atoms with Gasteiger partial charge in [-0.25, -0.2) is 0 Å². The highest BCUT2D eigenvalue weighted by Crippen LogP contribution is 2.30. The molecule has 0 saturated heterocycles. The fourth-order valence-electron chi connectivity index (χ4n) is 1.95. The van der Waals surface area contributed by atoms with Crippen LogP contribution < -0.4 is 10.1 Å². The Morgan fingerprint density at radius 3 is 2.86 bits per heavy atom. The van der Waals surface area contributed by atoms with Crippen LogP contribution >= 0.6 is 11.6 Å². The Morgan fingerprint density at radius 2 is 2.19 bits per heavy atom. The normalized spacial score (nSPS) is 12.4. The van der Waals surface area contributed by atoms with Crippen LogP contribution in [0.1, 0.15) is 5.89 Å². The fourth-order valence-corrected chi connectivity index (χ4v) is 2.12. The van der Waals surface area contributed by atoms with Crippen molar-refractivity contribution < 1.29 is 14.0 Å². The topological polar surface area (TPSA) is 69.4 Å². The lowest BCUT2D eigenvalue weighted by Crippen LogP contribution is -2.32. The molecule has 2 rings (SSSR count). The minimum Gasteiger partial charge on any atom is -0.496 e. The van der Waals surface area contributed by atoms with E-state index < -0.39 is 0 Å². The lowest BCUT2D eigenvalue weighted by molar-refractivity contribution is 0.165. The smallest absolute Gasteiger partial charge is 0.228 e. The van der Waals surface area contributed by atoms with E-state index in [2.05, 4.69) is 15.5 Å². The summed E-state index contributed by atoms with van der Waals surface area (Å²) in [7, 11) is 5.09. The first kappa shape index (κ1) is 15.8. The predicted molar refractivity (Wildman–Crippen MR) is 79.7 cm³/mol. The van der Waals surface area contributed by atoms with Crippen molar-refractivity contribution >= 4 is 11.6 Å². The Balaban J connectivity index is 2.20. The SMILES string of the molecule is CNC(COC)Cc1nc(-c2ccc(Cl)cc2OC)no1. The summed E-state index contributed by atoms with van der Waals surface area (Å²) in [6.45, 7) is 0.568. The first-order valence-corrected chi connectivity index (χ1v) is 6.88. The number of ether oxygens (including phenoxy) is 2. The first-order chi connectivity index (χ1) is 10.2. The van der Waals surface area contributed by atoms with Crippen LogP contribution in [-0.2, 0) is 11.2 Å². The molecule has 21 heavy (non-hydrogen) atoms. The average molecular weight is 312 g/mol. The summed E-state index contributed by atoms with van der Waals surface area (Å²) in [5.41, 5.74) is 0.740. The van der Waals surface area contributed by atoms with E-state index in [1.807, 2.05) is 7.05 Å². The molecule has 0 saturated carbocycles. The molecule has 0 aliphatic rings. The van der Waals surface area contributed by atoms with Gasteiger partial charge in [-0.1, -0.05) is 16.8 Å². The van der Waals surface area contributed by atoms with Crippen molar-refractivity contribution in [2.45, 2.75) is 12.5 Å². The standard InChI is InChI=1S/C14H18ClN3O3/c1-16-10(8-19-2)7-13-17-14(18-21-13)11-5-4-9(15)6-12(11)20-3/h4-6,10,16H,7-8H2,1-3H3. The molecule has 1 N–H and O–H groups in total. The van der Waals surface area contributed by atoms with Gasteiger partial charge in [0.05, 0.1) is 19.3 Å². The molecule has 0 spiro atoms. The van der Waals surface area contributed by atoms with Crippen LogP contribution in [0.2, 0.25) is 5.02 Å². The molecular formula is C14H18ClN3O3. The largest absolute Gasteiger partial charge is 0.496 e. The molecular weight excluding hydrogens is 294 g/mol. The Morgan fingerprint density at radius 1 is 1.38 bits per heavy atom. The molecule has 0 aliphatic heterocycles. The van der Waals surface area contributed by atoms with Gasteiger partial charge in [0.1, 0.15) is 5.75 Å². The summed E-state index contributed by atoms with van der Waals surface area (Å²) in [5.74, 6) is 1.63. The predicted octanol–water partition coefficient (Wildman–Crippen LogP) is 2.18. The van der Waals surface area contributed by atoms with Crippen LogP contribution in [0.3, 0.4) is 0 Å². The maximum atomic E-state index is 5.94. The van der Waals surface area contributed by atoms with E-state index in [0.29, 0.717) is 35.5 Å². The number of aromatic nitrogens is 2. The first-order valence-electron chi connectivity index (χ1n) is 6.50. The summed E-state index contributed by atoms with van der Waals surface area (Å²) in [5, 5.41) is 7.72. The molecule has 0 aliphatic carbocycles. The minimum atomic E-state index is 0.121. The molecule has 0 amide bonds. The van der Waals surface area contributed by atoms with Gasteiger partial charge in [0.25, 0.3) is 0 Å². The Labute approximate surface area is 128 Å². The lowest BCUT2D eigenvalue weighted by Gasteiger charge is -2.11. The molecule has 1 aromatic heterocycles. The average Bonchev–Trinajstić information content (AvgIpc) is 2.94. The highest BCUT2D eigenvalue weighted by molar-refractivity contribution is 6.30. The number of methoxy groups -OCH3 is 2. The van der Waals surface area contributed by atoms with Crippen LogP contribution in [0.4, 0.5) is 0 Å². The minimum absolute atomic E-state index is 0.121. The van der Waals surface area contributed by atoms with Crippen molar-refractivity contribution in [1.29, 1.82) is 0 Å². The van der Waals surface area contributed by atoms with Crippen molar-refractivity contribution in [3.05, 3.63) is 29.1 Å². The molecule has 114 valence electrons. The second kappa shape index (κ2) is 7.40. The van der Waals surface area contributed by atoms with Crippen LogP contribution in [0.5, 0.6) is 5.75 Å². The van der Waals surface area contributed by atoms with Crippen LogP contribution in [-0.4, -0.2) is 44.1 Å². The zero-order valence-electron chi connectivity index (χ0n) is 12.2. The van der Waals surface area contributed by atoms with Crippen molar-refractivity contribution in [3.8, 4) is 17.1 Å². The number of rotatable bonds is 7. The van der Waals surface area contributed by atoms with E-state index >= 15 is 0 Å². The van der Waals surface area contributed by atoms with Gasteiger partial charge in [-0.3, -0.25) is 0 Å². The van der Waals surface area contributed by atoms with Gasteiger partial charge in [-0.2, -0.15) is 4.98 Å². The molecule has 1 unspecified atom stereocenters. The Kier molecular flexibility index (Phi) is 5.55. The van der Waals surface area contributed by atoms with Crippen molar-refractivity contribution in [2.24, 2.45) is 0 Å². The van der Waals surface area contributed by atoms with E-state index in [9.17, 15) is 0 Å². The third kappa shape index (κ3) is 3.93. The van der Waals surface area contributed by atoms with E-state index in [4.69, 9.17) is 25.6 Å². The molecule has 7 heteroatoms. The molecule has 1 heterocycles. The van der Waals surface area contributed by atoms with Gasteiger partial charge >= 0.3 is 0 Å². The summed E-state index contributed by atoms with van der Waals surface area (Å²) < 4.78 is 15.7. The monoisotopic (exact) mass is 311 g/mol. The Bertz CT molecular complexity index is 589. The zero-order chi connectivity index (χ0) is 15.2. The van der Waals surface area contributed by atoms with Gasteiger partial charge in [0.2, 0.25) is 11.7 Å². The van der Waals surface area contributed by atoms with E-state index in [1.54, 1.807) is 32.4 Å². The number of likely N-dealkylation sites (N-methyl/N-ethyl adjacent to an activating group) is 1. The maximum absolute atomic E-state index is 5.94. The highest BCUT2D eigenvalue weighted by Gasteiger charge is 2.16.